The molecule has 0 saturated carbocycles. The summed E-state index contributed by atoms with van der Waals surface area (Å²) in [6, 6.07) is 24.9. The van der Waals surface area contributed by atoms with Gasteiger partial charge in [-0.15, -0.1) is 0 Å². The molecule has 0 amide bonds. The molecule has 0 atom stereocenters. The molecule has 3 aromatic carbocycles. The van der Waals surface area contributed by atoms with Gasteiger partial charge in [-0.25, -0.2) is 4.98 Å². The van der Waals surface area contributed by atoms with Gasteiger partial charge in [0, 0.05) is 30.4 Å². The number of esters is 1. The molecule has 4 rings (SSSR count). The van der Waals surface area contributed by atoms with E-state index in [-0.39, 0.29) is 5.97 Å². The Balaban J connectivity index is 1.59. The van der Waals surface area contributed by atoms with E-state index in [2.05, 4.69) is 77.7 Å². The third-order valence-corrected chi connectivity index (χ3v) is 5.14. The number of fused-ring (bicyclic) bond motifs is 2. The molecular weight excluding hydrogens is 372 g/mol. The zero-order valence-electron chi connectivity index (χ0n) is 17.2. The summed E-state index contributed by atoms with van der Waals surface area (Å²) in [7, 11) is 1.99. The number of benzene rings is 3. The van der Waals surface area contributed by atoms with Gasteiger partial charge in [0.2, 0.25) is 0 Å². The first kappa shape index (κ1) is 19.6. The topological polar surface area (TPSA) is 42.4 Å². The Hall–Kier alpha value is -3.66. The lowest BCUT2D eigenvalue weighted by atomic mass is 10.0. The summed E-state index contributed by atoms with van der Waals surface area (Å²) in [5, 5.41) is 2.29. The molecule has 0 aliphatic rings. The second-order valence-corrected chi connectivity index (χ2v) is 7.25. The lowest BCUT2D eigenvalue weighted by Gasteiger charge is -2.19. The van der Waals surface area contributed by atoms with Gasteiger partial charge in [0.15, 0.2) is 0 Å². The van der Waals surface area contributed by atoms with Crippen LogP contribution >= 0.6 is 0 Å². The van der Waals surface area contributed by atoms with Crippen LogP contribution in [0.3, 0.4) is 0 Å². The van der Waals surface area contributed by atoms with Crippen LogP contribution in [-0.4, -0.2) is 31.2 Å². The van der Waals surface area contributed by atoms with Crippen LogP contribution in [0, 0.1) is 0 Å². The largest absolute Gasteiger partial charge is 0.464 e. The number of ether oxygens (including phenoxy) is 1. The summed E-state index contributed by atoms with van der Waals surface area (Å²) in [5.74, 6) is -0.250. The van der Waals surface area contributed by atoms with Gasteiger partial charge in [-0.2, -0.15) is 0 Å². The van der Waals surface area contributed by atoms with Gasteiger partial charge in [-0.3, -0.25) is 4.79 Å². The molecular formula is C26H24N2O2. The van der Waals surface area contributed by atoms with E-state index in [0.29, 0.717) is 13.2 Å². The number of nitrogens with zero attached hydrogens (tertiary/aromatic N) is 2. The summed E-state index contributed by atoms with van der Waals surface area (Å²) in [6.45, 7) is 2.47. The fraction of sp³-hybridized carbons (Fsp3) is 0.154. The SMILES string of the molecule is CC(=O)OCCN(C)c1ccc(/C=C/c2c3ccccc3nc3ccccc23)cc1. The summed E-state index contributed by atoms with van der Waals surface area (Å²) in [5.41, 5.74) is 5.39. The van der Waals surface area contributed by atoms with Gasteiger partial charge in [0.25, 0.3) is 0 Å². The Morgan fingerprint density at radius 1 is 0.900 bits per heavy atom. The van der Waals surface area contributed by atoms with E-state index >= 15 is 0 Å². The number of rotatable bonds is 6. The van der Waals surface area contributed by atoms with Crippen molar-refractivity contribution in [3.05, 3.63) is 83.9 Å². The number of carbonyl (C=O) groups excluding carboxylic acids is 1. The number of hydrogen-bond donors (Lipinski definition) is 0. The first-order chi connectivity index (χ1) is 14.6. The normalized spacial score (nSPS) is 11.3. The molecule has 0 saturated heterocycles. The second-order valence-electron chi connectivity index (χ2n) is 7.25. The number of hydrogen-bond acceptors (Lipinski definition) is 4. The van der Waals surface area contributed by atoms with Crippen molar-refractivity contribution in [1.82, 2.24) is 4.98 Å². The van der Waals surface area contributed by atoms with E-state index in [1.54, 1.807) is 0 Å². The number of carbonyl (C=O) groups is 1. The average Bonchev–Trinajstić information content (AvgIpc) is 2.76. The summed E-state index contributed by atoms with van der Waals surface area (Å²) >= 11 is 0. The van der Waals surface area contributed by atoms with Crippen LogP contribution in [0.2, 0.25) is 0 Å². The van der Waals surface area contributed by atoms with Gasteiger partial charge < -0.3 is 9.64 Å². The standard InChI is InChI=1S/C26H24N2O2/c1-19(29)30-18-17-28(2)21-14-11-20(12-15-21)13-16-22-23-7-3-5-9-25(23)27-26-10-6-4-8-24(22)26/h3-16H,17-18H2,1-2H3/b16-13+. The highest BCUT2D eigenvalue weighted by atomic mass is 16.5. The van der Waals surface area contributed by atoms with Crippen molar-refractivity contribution in [2.75, 3.05) is 25.1 Å². The highest BCUT2D eigenvalue weighted by Gasteiger charge is 2.06. The van der Waals surface area contributed by atoms with Crippen LogP contribution in [0.5, 0.6) is 0 Å². The molecule has 150 valence electrons. The zero-order chi connectivity index (χ0) is 20.9. The van der Waals surface area contributed by atoms with Crippen molar-refractivity contribution < 1.29 is 9.53 Å². The Morgan fingerprint density at radius 3 is 2.10 bits per heavy atom. The maximum Gasteiger partial charge on any atom is 0.302 e. The lowest BCUT2D eigenvalue weighted by molar-refractivity contribution is -0.140. The maximum absolute atomic E-state index is 10.9. The summed E-state index contributed by atoms with van der Waals surface area (Å²) in [4.78, 5) is 17.8. The van der Waals surface area contributed by atoms with Gasteiger partial charge in [0.05, 0.1) is 17.6 Å². The Labute approximate surface area is 176 Å². The lowest BCUT2D eigenvalue weighted by Crippen LogP contribution is -2.23. The molecule has 0 bridgehead atoms. The Kier molecular flexibility index (Phi) is 5.75. The third kappa shape index (κ3) is 4.33. The van der Waals surface area contributed by atoms with E-state index in [0.717, 1.165) is 33.1 Å². The van der Waals surface area contributed by atoms with Crippen molar-refractivity contribution >= 4 is 45.6 Å². The van der Waals surface area contributed by atoms with E-state index in [1.165, 1.54) is 12.5 Å². The van der Waals surface area contributed by atoms with Crippen LogP contribution < -0.4 is 4.90 Å². The average molecular weight is 396 g/mol. The van der Waals surface area contributed by atoms with Gasteiger partial charge in [0.1, 0.15) is 6.61 Å². The van der Waals surface area contributed by atoms with Gasteiger partial charge in [-0.05, 0) is 35.4 Å². The third-order valence-electron chi connectivity index (χ3n) is 5.14. The molecule has 0 fully saturated rings. The van der Waals surface area contributed by atoms with Crippen LogP contribution in [0.4, 0.5) is 5.69 Å². The van der Waals surface area contributed by atoms with Gasteiger partial charge in [-0.1, -0.05) is 60.7 Å². The number of likely N-dealkylation sites (N-methyl/N-ethyl adjacent to an activating group) is 1. The molecule has 4 aromatic rings. The maximum atomic E-state index is 10.9. The van der Waals surface area contributed by atoms with Crippen LogP contribution in [0.15, 0.2) is 72.8 Å². The molecule has 30 heavy (non-hydrogen) atoms. The molecule has 1 aromatic heterocycles. The highest BCUT2D eigenvalue weighted by Crippen LogP contribution is 2.27. The quantitative estimate of drug-likeness (QED) is 0.316. The van der Waals surface area contributed by atoms with E-state index in [4.69, 9.17) is 9.72 Å². The fourth-order valence-corrected chi connectivity index (χ4v) is 3.53. The smallest absolute Gasteiger partial charge is 0.302 e. The van der Waals surface area contributed by atoms with E-state index < -0.39 is 0 Å². The first-order valence-electron chi connectivity index (χ1n) is 10.0. The van der Waals surface area contributed by atoms with Crippen molar-refractivity contribution in [3.8, 4) is 0 Å². The minimum absolute atomic E-state index is 0.250. The second kappa shape index (κ2) is 8.78. The molecule has 1 heterocycles. The monoisotopic (exact) mass is 396 g/mol. The van der Waals surface area contributed by atoms with Crippen LogP contribution in [-0.2, 0) is 9.53 Å². The number of pyridine rings is 1. The number of para-hydroxylation sites is 2. The molecule has 0 unspecified atom stereocenters. The summed E-state index contributed by atoms with van der Waals surface area (Å²) < 4.78 is 5.02. The van der Waals surface area contributed by atoms with Crippen molar-refractivity contribution in [3.63, 3.8) is 0 Å². The van der Waals surface area contributed by atoms with Crippen molar-refractivity contribution in [2.24, 2.45) is 0 Å². The van der Waals surface area contributed by atoms with Gasteiger partial charge >= 0.3 is 5.97 Å². The molecule has 0 spiro atoms. The molecule has 0 aliphatic carbocycles. The fourth-order valence-electron chi connectivity index (χ4n) is 3.53. The first-order valence-corrected chi connectivity index (χ1v) is 10.0. The minimum Gasteiger partial charge on any atom is -0.464 e. The van der Waals surface area contributed by atoms with E-state index in [1.807, 2.05) is 19.2 Å². The number of aromatic nitrogens is 1. The minimum atomic E-state index is -0.250. The predicted octanol–water partition coefficient (Wildman–Crippen LogP) is 5.56. The molecule has 4 heteroatoms. The predicted molar refractivity (Wildman–Crippen MR) is 125 cm³/mol. The van der Waals surface area contributed by atoms with Crippen LogP contribution in [0.1, 0.15) is 18.1 Å². The zero-order valence-corrected chi connectivity index (χ0v) is 17.2. The van der Waals surface area contributed by atoms with Crippen LogP contribution in [0.25, 0.3) is 34.0 Å². The van der Waals surface area contributed by atoms with E-state index in [9.17, 15) is 4.79 Å². The molecule has 4 nitrogen and oxygen atoms in total. The molecule has 0 radical (unpaired) electrons. The van der Waals surface area contributed by atoms with Crippen molar-refractivity contribution in [2.45, 2.75) is 6.92 Å². The number of anilines is 1. The Bertz CT molecular complexity index is 1160. The Morgan fingerprint density at radius 2 is 1.50 bits per heavy atom. The van der Waals surface area contributed by atoms with Crippen molar-refractivity contribution in [1.29, 1.82) is 0 Å². The molecule has 0 N–H and O–H groups in total. The highest BCUT2D eigenvalue weighted by molar-refractivity contribution is 6.04. The molecule has 0 aliphatic heterocycles. The summed E-state index contributed by atoms with van der Waals surface area (Å²) in [6.07, 6.45) is 4.31.